The number of thioether (sulfide) groups is 1. The van der Waals surface area contributed by atoms with E-state index in [1.54, 1.807) is 23.9 Å². The molecule has 0 aliphatic carbocycles. The Balaban J connectivity index is 1.98. The molecular formula is C14H20N2O2S2. The van der Waals surface area contributed by atoms with Gasteiger partial charge in [0.25, 0.3) is 0 Å². The van der Waals surface area contributed by atoms with Crippen LogP contribution in [-0.2, 0) is 16.4 Å². The lowest BCUT2D eigenvalue weighted by atomic mass is 10.1. The highest BCUT2D eigenvalue weighted by molar-refractivity contribution is 8.14. The maximum absolute atomic E-state index is 11.4. The van der Waals surface area contributed by atoms with Crippen molar-refractivity contribution in [3.8, 4) is 0 Å². The van der Waals surface area contributed by atoms with Gasteiger partial charge in [-0.05, 0) is 23.6 Å². The number of amidine groups is 1. The molecule has 0 spiro atoms. The molecule has 110 valence electrons. The van der Waals surface area contributed by atoms with E-state index in [9.17, 15) is 8.42 Å². The monoisotopic (exact) mass is 312 g/mol. The Bertz CT molecular complexity index is 592. The van der Waals surface area contributed by atoms with Gasteiger partial charge in [-0.15, -0.1) is 0 Å². The second-order valence-electron chi connectivity index (χ2n) is 5.34. The van der Waals surface area contributed by atoms with Crippen molar-refractivity contribution in [2.75, 3.05) is 12.0 Å². The summed E-state index contributed by atoms with van der Waals surface area (Å²) in [7, 11) is -3.12. The van der Waals surface area contributed by atoms with E-state index in [4.69, 9.17) is 0 Å². The molecule has 1 aliphatic heterocycles. The van der Waals surface area contributed by atoms with Crippen LogP contribution >= 0.6 is 11.8 Å². The Labute approximate surface area is 125 Å². The second kappa shape index (κ2) is 6.18. The topological polar surface area (TPSA) is 58.5 Å². The van der Waals surface area contributed by atoms with Gasteiger partial charge in [0.1, 0.15) is 0 Å². The molecule has 1 aromatic rings. The number of hydrogen-bond donors (Lipinski definition) is 1. The van der Waals surface area contributed by atoms with Crippen LogP contribution < -0.4 is 5.32 Å². The van der Waals surface area contributed by atoms with Gasteiger partial charge >= 0.3 is 0 Å². The summed E-state index contributed by atoms with van der Waals surface area (Å²) in [5, 5.41) is 4.40. The highest BCUT2D eigenvalue weighted by atomic mass is 32.2. The zero-order chi connectivity index (χ0) is 14.8. The summed E-state index contributed by atoms with van der Waals surface area (Å²) in [6.45, 7) is 4.97. The van der Waals surface area contributed by atoms with Gasteiger partial charge < -0.3 is 5.32 Å². The maximum Gasteiger partial charge on any atom is 0.175 e. The number of sulfone groups is 1. The van der Waals surface area contributed by atoms with Gasteiger partial charge in [0.15, 0.2) is 15.0 Å². The van der Waals surface area contributed by atoms with E-state index in [1.165, 1.54) is 6.26 Å². The summed E-state index contributed by atoms with van der Waals surface area (Å²) < 4.78 is 22.7. The van der Waals surface area contributed by atoms with E-state index in [0.29, 0.717) is 23.4 Å². The molecule has 20 heavy (non-hydrogen) atoms. The number of nitrogens with one attached hydrogen (secondary N) is 1. The molecule has 0 unspecified atom stereocenters. The average molecular weight is 312 g/mol. The SMILES string of the molecule is CC(C)[C@H]1CSC(=NCc2ccc(S(C)(=O)=O)cc2)N1. The van der Waals surface area contributed by atoms with Crippen molar-refractivity contribution in [2.24, 2.45) is 10.9 Å². The van der Waals surface area contributed by atoms with Crippen LogP contribution in [0.3, 0.4) is 0 Å². The van der Waals surface area contributed by atoms with Crippen LogP contribution in [-0.4, -0.2) is 31.6 Å². The van der Waals surface area contributed by atoms with E-state index >= 15 is 0 Å². The Hall–Kier alpha value is -1.01. The molecule has 0 bridgehead atoms. The molecule has 1 fully saturated rings. The molecule has 1 heterocycles. The number of nitrogens with zero attached hydrogens (tertiary/aromatic N) is 1. The van der Waals surface area contributed by atoms with Crippen molar-refractivity contribution < 1.29 is 8.42 Å². The second-order valence-corrected chi connectivity index (χ2v) is 8.37. The largest absolute Gasteiger partial charge is 0.361 e. The minimum Gasteiger partial charge on any atom is -0.361 e. The number of rotatable bonds is 4. The predicted molar refractivity (Wildman–Crippen MR) is 84.9 cm³/mol. The molecule has 4 nitrogen and oxygen atoms in total. The van der Waals surface area contributed by atoms with Gasteiger partial charge in [-0.25, -0.2) is 8.42 Å². The van der Waals surface area contributed by atoms with E-state index in [-0.39, 0.29) is 0 Å². The van der Waals surface area contributed by atoms with Crippen LogP contribution in [0.5, 0.6) is 0 Å². The molecule has 1 atom stereocenters. The minimum atomic E-state index is -3.12. The Kier molecular flexibility index (Phi) is 4.75. The van der Waals surface area contributed by atoms with Crippen LogP contribution in [0.2, 0.25) is 0 Å². The summed E-state index contributed by atoms with van der Waals surface area (Å²) in [5.41, 5.74) is 1.01. The number of benzene rings is 1. The fourth-order valence-electron chi connectivity index (χ4n) is 1.87. The minimum absolute atomic E-state index is 0.349. The van der Waals surface area contributed by atoms with Crippen molar-refractivity contribution in [2.45, 2.75) is 31.3 Å². The first-order valence-corrected chi connectivity index (χ1v) is 9.47. The van der Waals surface area contributed by atoms with Crippen molar-refractivity contribution in [3.05, 3.63) is 29.8 Å². The molecule has 1 saturated heterocycles. The molecule has 1 aromatic carbocycles. The third-order valence-electron chi connectivity index (χ3n) is 3.27. The fraction of sp³-hybridized carbons (Fsp3) is 0.500. The summed E-state index contributed by atoms with van der Waals surface area (Å²) in [6, 6.07) is 7.40. The van der Waals surface area contributed by atoms with Gasteiger partial charge in [0, 0.05) is 18.1 Å². The smallest absolute Gasteiger partial charge is 0.175 e. The standard InChI is InChI=1S/C14H20N2O2S2/c1-10(2)13-9-19-14(16-13)15-8-11-4-6-12(7-5-11)20(3,17)18/h4-7,10,13H,8-9H2,1-3H3,(H,15,16)/t13-/m1/s1. The summed E-state index contributed by atoms with van der Waals surface area (Å²) in [4.78, 5) is 4.89. The number of hydrogen-bond acceptors (Lipinski definition) is 4. The molecule has 2 rings (SSSR count). The molecule has 0 saturated carbocycles. The summed E-state index contributed by atoms with van der Waals surface area (Å²) >= 11 is 1.75. The van der Waals surface area contributed by atoms with Crippen LogP contribution in [0.15, 0.2) is 34.2 Å². The van der Waals surface area contributed by atoms with Gasteiger partial charge in [0.05, 0.1) is 11.4 Å². The Morgan fingerprint density at radius 3 is 2.50 bits per heavy atom. The van der Waals surface area contributed by atoms with Crippen molar-refractivity contribution >= 4 is 26.8 Å². The third-order valence-corrected chi connectivity index (χ3v) is 5.44. The lowest BCUT2D eigenvalue weighted by Gasteiger charge is -2.13. The van der Waals surface area contributed by atoms with Crippen LogP contribution in [0, 0.1) is 5.92 Å². The first kappa shape index (κ1) is 15.4. The van der Waals surface area contributed by atoms with Crippen LogP contribution in [0.25, 0.3) is 0 Å². The molecule has 0 amide bonds. The molecule has 0 radical (unpaired) electrons. The fourth-order valence-corrected chi connectivity index (χ4v) is 3.69. The van der Waals surface area contributed by atoms with E-state index in [2.05, 4.69) is 24.2 Å². The molecule has 6 heteroatoms. The Morgan fingerprint density at radius 1 is 1.35 bits per heavy atom. The summed E-state index contributed by atoms with van der Waals surface area (Å²) in [6.07, 6.45) is 1.22. The maximum atomic E-state index is 11.4. The molecule has 1 N–H and O–H groups in total. The van der Waals surface area contributed by atoms with Gasteiger partial charge in [-0.1, -0.05) is 37.7 Å². The molecular weight excluding hydrogens is 292 g/mol. The average Bonchev–Trinajstić information content (AvgIpc) is 2.85. The van der Waals surface area contributed by atoms with E-state index in [0.717, 1.165) is 16.5 Å². The zero-order valence-electron chi connectivity index (χ0n) is 12.0. The predicted octanol–water partition coefficient (Wildman–Crippen LogP) is 2.31. The number of aliphatic imine (C=N–C) groups is 1. The molecule has 0 aromatic heterocycles. The highest BCUT2D eigenvalue weighted by Gasteiger charge is 2.22. The van der Waals surface area contributed by atoms with Crippen molar-refractivity contribution in [3.63, 3.8) is 0 Å². The Morgan fingerprint density at radius 2 is 2.00 bits per heavy atom. The van der Waals surface area contributed by atoms with E-state index in [1.807, 2.05) is 12.1 Å². The van der Waals surface area contributed by atoms with Crippen LogP contribution in [0.1, 0.15) is 19.4 Å². The quantitative estimate of drug-likeness (QED) is 0.927. The zero-order valence-corrected chi connectivity index (χ0v) is 13.6. The summed E-state index contributed by atoms with van der Waals surface area (Å²) in [5.74, 6) is 1.66. The molecule has 1 aliphatic rings. The first-order valence-electron chi connectivity index (χ1n) is 6.59. The highest BCUT2D eigenvalue weighted by Crippen LogP contribution is 2.19. The van der Waals surface area contributed by atoms with E-state index < -0.39 is 9.84 Å². The van der Waals surface area contributed by atoms with Gasteiger partial charge in [0.2, 0.25) is 0 Å². The van der Waals surface area contributed by atoms with Crippen LogP contribution in [0.4, 0.5) is 0 Å². The lowest BCUT2D eigenvalue weighted by Crippen LogP contribution is -2.31. The van der Waals surface area contributed by atoms with Gasteiger partial charge in [-0.2, -0.15) is 0 Å². The van der Waals surface area contributed by atoms with Crippen molar-refractivity contribution in [1.82, 2.24) is 5.32 Å². The third kappa shape index (κ3) is 3.99. The normalized spacial score (nSPS) is 21.4. The first-order chi connectivity index (χ1) is 9.36. The lowest BCUT2D eigenvalue weighted by molar-refractivity contribution is 0.503. The van der Waals surface area contributed by atoms with Crippen molar-refractivity contribution in [1.29, 1.82) is 0 Å². The van der Waals surface area contributed by atoms with Gasteiger partial charge in [-0.3, -0.25) is 4.99 Å².